The van der Waals surface area contributed by atoms with Gasteiger partial charge in [-0.25, -0.2) is 4.98 Å². The standard InChI is InChI=1S/C13H16N2O3/c1-9(17)15-13-12-10(4-6-14-13)5-8-18-11(12)3-2-7-16/h4,6-7,11H,2-3,5,8H2,1H3,(H,14,15,17). The van der Waals surface area contributed by atoms with Gasteiger partial charge in [-0.3, -0.25) is 4.79 Å². The number of pyridine rings is 1. The van der Waals surface area contributed by atoms with E-state index in [1.54, 1.807) is 6.20 Å². The van der Waals surface area contributed by atoms with Crippen molar-refractivity contribution in [3.63, 3.8) is 0 Å². The lowest BCUT2D eigenvalue weighted by Crippen LogP contribution is -2.20. The van der Waals surface area contributed by atoms with Crippen molar-refractivity contribution in [3.05, 3.63) is 23.4 Å². The number of carbonyl (C=O) groups excluding carboxylic acids is 2. The van der Waals surface area contributed by atoms with Gasteiger partial charge >= 0.3 is 0 Å². The van der Waals surface area contributed by atoms with Crippen molar-refractivity contribution in [2.45, 2.75) is 32.3 Å². The minimum absolute atomic E-state index is 0.157. The second kappa shape index (κ2) is 5.73. The molecule has 1 amide bonds. The van der Waals surface area contributed by atoms with Crippen molar-refractivity contribution in [3.8, 4) is 0 Å². The Hall–Kier alpha value is -1.75. The fourth-order valence-corrected chi connectivity index (χ4v) is 2.20. The van der Waals surface area contributed by atoms with E-state index in [9.17, 15) is 9.59 Å². The van der Waals surface area contributed by atoms with Crippen molar-refractivity contribution in [2.24, 2.45) is 0 Å². The zero-order valence-corrected chi connectivity index (χ0v) is 10.3. The van der Waals surface area contributed by atoms with Gasteiger partial charge in [0.15, 0.2) is 0 Å². The van der Waals surface area contributed by atoms with Crippen LogP contribution in [0.4, 0.5) is 5.82 Å². The maximum Gasteiger partial charge on any atom is 0.222 e. The molecule has 0 saturated carbocycles. The molecule has 0 bridgehead atoms. The van der Waals surface area contributed by atoms with Gasteiger partial charge in [0, 0.05) is 25.1 Å². The Balaban J connectivity index is 2.32. The van der Waals surface area contributed by atoms with Gasteiger partial charge < -0.3 is 14.8 Å². The van der Waals surface area contributed by atoms with Gasteiger partial charge in [-0.1, -0.05) is 0 Å². The van der Waals surface area contributed by atoms with Crippen LogP contribution in [-0.2, 0) is 20.7 Å². The third-order valence-corrected chi connectivity index (χ3v) is 2.93. The Bertz CT molecular complexity index is 460. The van der Waals surface area contributed by atoms with Crippen molar-refractivity contribution >= 4 is 18.0 Å². The molecule has 2 rings (SSSR count). The molecule has 0 spiro atoms. The van der Waals surface area contributed by atoms with Gasteiger partial charge in [0.2, 0.25) is 5.91 Å². The number of carbonyl (C=O) groups is 2. The summed E-state index contributed by atoms with van der Waals surface area (Å²) in [4.78, 5) is 25.8. The van der Waals surface area contributed by atoms with Crippen molar-refractivity contribution in [1.29, 1.82) is 0 Å². The summed E-state index contributed by atoms with van der Waals surface area (Å²) >= 11 is 0. The SMILES string of the molecule is CC(=O)Nc1nccc2c1C(CCC=O)OCC2. The zero-order valence-electron chi connectivity index (χ0n) is 10.3. The number of nitrogens with one attached hydrogen (secondary N) is 1. The van der Waals surface area contributed by atoms with E-state index in [1.165, 1.54) is 6.92 Å². The van der Waals surface area contributed by atoms with E-state index in [4.69, 9.17) is 4.74 Å². The first-order chi connectivity index (χ1) is 8.72. The minimum Gasteiger partial charge on any atom is -0.373 e. The summed E-state index contributed by atoms with van der Waals surface area (Å²) in [6.07, 6.45) is 4.28. The van der Waals surface area contributed by atoms with E-state index in [2.05, 4.69) is 10.3 Å². The van der Waals surface area contributed by atoms with Crippen LogP contribution in [0.2, 0.25) is 0 Å². The molecule has 0 saturated heterocycles. The lowest BCUT2D eigenvalue weighted by atomic mass is 9.96. The highest BCUT2D eigenvalue weighted by Gasteiger charge is 2.24. The first-order valence-corrected chi connectivity index (χ1v) is 6.03. The first kappa shape index (κ1) is 12.7. The summed E-state index contributed by atoms with van der Waals surface area (Å²) in [6, 6.07) is 1.94. The van der Waals surface area contributed by atoms with Crippen LogP contribution in [0.5, 0.6) is 0 Å². The first-order valence-electron chi connectivity index (χ1n) is 6.03. The normalized spacial score (nSPS) is 17.9. The second-order valence-corrected chi connectivity index (χ2v) is 4.27. The van der Waals surface area contributed by atoms with Crippen molar-refractivity contribution < 1.29 is 14.3 Å². The summed E-state index contributed by atoms with van der Waals surface area (Å²) in [5, 5.41) is 2.72. The molecule has 18 heavy (non-hydrogen) atoms. The molecule has 2 heterocycles. The van der Waals surface area contributed by atoms with Gasteiger partial charge in [0.05, 0.1) is 12.7 Å². The number of nitrogens with zero attached hydrogens (tertiary/aromatic N) is 1. The van der Waals surface area contributed by atoms with E-state index in [-0.39, 0.29) is 12.0 Å². The number of anilines is 1. The topological polar surface area (TPSA) is 68.3 Å². The molecular weight excluding hydrogens is 232 g/mol. The smallest absolute Gasteiger partial charge is 0.222 e. The molecule has 1 unspecified atom stereocenters. The molecule has 1 aliphatic rings. The van der Waals surface area contributed by atoms with E-state index < -0.39 is 0 Å². The molecular formula is C13H16N2O3. The molecule has 5 nitrogen and oxygen atoms in total. The van der Waals surface area contributed by atoms with Crippen molar-refractivity contribution in [1.82, 2.24) is 4.98 Å². The number of amides is 1. The molecule has 0 radical (unpaired) electrons. The third-order valence-electron chi connectivity index (χ3n) is 2.93. The molecule has 1 aromatic heterocycles. The lowest BCUT2D eigenvalue weighted by Gasteiger charge is -2.27. The Morgan fingerprint density at radius 3 is 3.22 bits per heavy atom. The Labute approximate surface area is 106 Å². The van der Waals surface area contributed by atoms with Crippen LogP contribution in [0.1, 0.15) is 37.0 Å². The fourth-order valence-electron chi connectivity index (χ4n) is 2.20. The number of fused-ring (bicyclic) bond motifs is 1. The summed E-state index contributed by atoms with van der Waals surface area (Å²) in [6.45, 7) is 2.09. The number of hydrogen-bond acceptors (Lipinski definition) is 4. The van der Waals surface area contributed by atoms with Crippen LogP contribution in [0.15, 0.2) is 12.3 Å². The number of hydrogen-bond donors (Lipinski definition) is 1. The Morgan fingerprint density at radius 1 is 1.67 bits per heavy atom. The molecule has 1 aromatic rings. The molecule has 0 aliphatic carbocycles. The van der Waals surface area contributed by atoms with Gasteiger partial charge in [-0.2, -0.15) is 0 Å². The summed E-state index contributed by atoms with van der Waals surface area (Å²) < 4.78 is 5.68. The quantitative estimate of drug-likeness (QED) is 0.822. The van der Waals surface area contributed by atoms with Gasteiger partial charge in [-0.05, 0) is 24.5 Å². The number of rotatable bonds is 4. The highest BCUT2D eigenvalue weighted by atomic mass is 16.5. The molecule has 1 N–H and O–H groups in total. The van der Waals surface area contributed by atoms with Crippen LogP contribution < -0.4 is 5.32 Å². The predicted molar refractivity (Wildman–Crippen MR) is 66.2 cm³/mol. The highest BCUT2D eigenvalue weighted by Crippen LogP contribution is 2.34. The molecule has 96 valence electrons. The van der Waals surface area contributed by atoms with Gasteiger partial charge in [-0.15, -0.1) is 0 Å². The molecule has 0 aromatic carbocycles. The Kier molecular flexibility index (Phi) is 4.04. The molecule has 5 heteroatoms. The summed E-state index contributed by atoms with van der Waals surface area (Å²) in [7, 11) is 0. The highest BCUT2D eigenvalue weighted by molar-refractivity contribution is 5.88. The fraction of sp³-hybridized carbons (Fsp3) is 0.462. The predicted octanol–water partition coefficient (Wildman–Crippen LogP) is 1.63. The summed E-state index contributed by atoms with van der Waals surface area (Å²) in [5.41, 5.74) is 2.05. The van der Waals surface area contributed by atoms with Crippen LogP contribution in [-0.4, -0.2) is 23.8 Å². The second-order valence-electron chi connectivity index (χ2n) is 4.27. The zero-order chi connectivity index (χ0) is 13.0. The lowest BCUT2D eigenvalue weighted by molar-refractivity contribution is -0.114. The molecule has 0 fully saturated rings. The average Bonchev–Trinajstić information content (AvgIpc) is 2.35. The molecule has 1 atom stereocenters. The van der Waals surface area contributed by atoms with E-state index >= 15 is 0 Å². The van der Waals surface area contributed by atoms with E-state index in [0.29, 0.717) is 25.3 Å². The minimum atomic E-state index is -0.158. The number of ether oxygens (including phenoxy) is 1. The maximum absolute atomic E-state index is 11.2. The van der Waals surface area contributed by atoms with Crippen LogP contribution >= 0.6 is 0 Å². The number of aromatic nitrogens is 1. The average molecular weight is 248 g/mol. The molecule has 1 aliphatic heterocycles. The van der Waals surface area contributed by atoms with Crippen LogP contribution in [0.25, 0.3) is 0 Å². The van der Waals surface area contributed by atoms with Crippen molar-refractivity contribution in [2.75, 3.05) is 11.9 Å². The van der Waals surface area contributed by atoms with Crippen LogP contribution in [0, 0.1) is 0 Å². The number of aldehydes is 1. The van der Waals surface area contributed by atoms with Gasteiger partial charge in [0.25, 0.3) is 0 Å². The van der Waals surface area contributed by atoms with Gasteiger partial charge in [0.1, 0.15) is 12.1 Å². The third kappa shape index (κ3) is 2.73. The Morgan fingerprint density at radius 2 is 2.50 bits per heavy atom. The van der Waals surface area contributed by atoms with Crippen LogP contribution in [0.3, 0.4) is 0 Å². The maximum atomic E-state index is 11.2. The monoisotopic (exact) mass is 248 g/mol. The largest absolute Gasteiger partial charge is 0.373 e. The van der Waals surface area contributed by atoms with E-state index in [0.717, 1.165) is 23.8 Å². The summed E-state index contributed by atoms with van der Waals surface area (Å²) in [5.74, 6) is 0.395. The van der Waals surface area contributed by atoms with E-state index in [1.807, 2.05) is 6.07 Å².